The molecule has 2 N–H and O–H groups in total. The molecule has 0 aromatic heterocycles. The van der Waals surface area contributed by atoms with E-state index in [1.165, 1.54) is 0 Å². The fourth-order valence-corrected chi connectivity index (χ4v) is 2.13. The summed E-state index contributed by atoms with van der Waals surface area (Å²) in [6.45, 7) is 1.66. The molecule has 0 radical (unpaired) electrons. The Bertz CT molecular complexity index is 306. The Morgan fingerprint density at radius 1 is 1.33 bits per heavy atom. The minimum atomic E-state index is 0.0718. The van der Waals surface area contributed by atoms with E-state index in [2.05, 4.69) is 0 Å². The van der Waals surface area contributed by atoms with Gasteiger partial charge in [0.1, 0.15) is 0 Å². The van der Waals surface area contributed by atoms with Crippen LogP contribution in [-0.2, 0) is 4.74 Å². The van der Waals surface area contributed by atoms with Crippen LogP contribution in [0.1, 0.15) is 24.4 Å². The molecule has 2 unspecified atom stereocenters. The summed E-state index contributed by atoms with van der Waals surface area (Å²) in [7, 11) is 0. The van der Waals surface area contributed by atoms with Gasteiger partial charge in [0.2, 0.25) is 0 Å². The van der Waals surface area contributed by atoms with Gasteiger partial charge in [0.15, 0.2) is 0 Å². The van der Waals surface area contributed by atoms with E-state index in [1.54, 1.807) is 0 Å². The van der Waals surface area contributed by atoms with Gasteiger partial charge in [-0.25, -0.2) is 0 Å². The van der Waals surface area contributed by atoms with E-state index in [9.17, 15) is 0 Å². The zero-order chi connectivity index (χ0) is 10.7. The summed E-state index contributed by atoms with van der Waals surface area (Å²) in [4.78, 5) is 0. The van der Waals surface area contributed by atoms with Crippen LogP contribution in [0.4, 0.5) is 0 Å². The van der Waals surface area contributed by atoms with Gasteiger partial charge in [-0.2, -0.15) is 0 Å². The minimum Gasteiger partial charge on any atom is -0.381 e. The van der Waals surface area contributed by atoms with E-state index in [0.29, 0.717) is 5.92 Å². The molecule has 1 fully saturated rings. The van der Waals surface area contributed by atoms with Gasteiger partial charge in [0.25, 0.3) is 0 Å². The van der Waals surface area contributed by atoms with Crippen molar-refractivity contribution in [1.29, 1.82) is 0 Å². The molecule has 1 aliphatic rings. The second kappa shape index (κ2) is 4.97. The van der Waals surface area contributed by atoms with Crippen molar-refractivity contribution in [3.63, 3.8) is 0 Å². The summed E-state index contributed by atoms with van der Waals surface area (Å²) in [6.07, 6.45) is 2.27. The molecule has 1 heterocycles. The summed E-state index contributed by atoms with van der Waals surface area (Å²) < 4.78 is 5.44. The van der Waals surface area contributed by atoms with Crippen LogP contribution in [0.2, 0.25) is 5.02 Å². The van der Waals surface area contributed by atoms with Crippen LogP contribution in [0.5, 0.6) is 0 Å². The molecule has 2 nitrogen and oxygen atoms in total. The van der Waals surface area contributed by atoms with Crippen LogP contribution < -0.4 is 5.73 Å². The fraction of sp³-hybridized carbons (Fsp3) is 0.500. The number of rotatable bonds is 2. The van der Waals surface area contributed by atoms with E-state index >= 15 is 0 Å². The Balaban J connectivity index is 2.05. The smallest absolute Gasteiger partial charge is 0.0512 e. The van der Waals surface area contributed by atoms with Crippen LogP contribution in [-0.4, -0.2) is 13.2 Å². The third-order valence-corrected chi connectivity index (χ3v) is 3.21. The summed E-state index contributed by atoms with van der Waals surface area (Å²) in [5.41, 5.74) is 7.34. The molecule has 2 atom stereocenters. The summed E-state index contributed by atoms with van der Waals surface area (Å²) in [5, 5.41) is 0.755. The first-order chi connectivity index (χ1) is 7.27. The monoisotopic (exact) mass is 225 g/mol. The predicted molar refractivity (Wildman–Crippen MR) is 61.9 cm³/mol. The van der Waals surface area contributed by atoms with Crippen molar-refractivity contribution in [2.24, 2.45) is 11.7 Å². The summed E-state index contributed by atoms with van der Waals surface area (Å²) in [5.74, 6) is 0.444. The van der Waals surface area contributed by atoms with Crippen molar-refractivity contribution in [1.82, 2.24) is 0 Å². The van der Waals surface area contributed by atoms with Gasteiger partial charge < -0.3 is 10.5 Å². The Morgan fingerprint density at radius 2 is 2.07 bits per heavy atom. The lowest BCUT2D eigenvalue weighted by Gasteiger charge is -2.27. The Hall–Kier alpha value is -0.570. The van der Waals surface area contributed by atoms with Gasteiger partial charge in [-0.1, -0.05) is 23.7 Å². The second-order valence-corrected chi connectivity index (χ2v) is 4.49. The van der Waals surface area contributed by atoms with E-state index in [-0.39, 0.29) is 6.04 Å². The average molecular weight is 226 g/mol. The Kier molecular flexibility index (Phi) is 3.62. The maximum atomic E-state index is 6.20. The lowest BCUT2D eigenvalue weighted by molar-refractivity contribution is 0.0448. The normalized spacial score (nSPS) is 23.7. The highest BCUT2D eigenvalue weighted by atomic mass is 35.5. The largest absolute Gasteiger partial charge is 0.381 e. The zero-order valence-electron chi connectivity index (χ0n) is 8.66. The van der Waals surface area contributed by atoms with E-state index in [4.69, 9.17) is 22.1 Å². The molecule has 1 aromatic carbocycles. The highest BCUT2D eigenvalue weighted by Crippen LogP contribution is 2.27. The predicted octanol–water partition coefficient (Wildman–Crippen LogP) is 2.77. The number of halogens is 1. The van der Waals surface area contributed by atoms with Crippen LogP contribution in [0.25, 0.3) is 0 Å². The van der Waals surface area contributed by atoms with Gasteiger partial charge in [0, 0.05) is 23.6 Å². The number of nitrogens with two attached hydrogens (primary N) is 1. The zero-order valence-corrected chi connectivity index (χ0v) is 9.41. The van der Waals surface area contributed by atoms with Crippen molar-refractivity contribution in [3.8, 4) is 0 Å². The van der Waals surface area contributed by atoms with E-state index in [1.807, 2.05) is 24.3 Å². The van der Waals surface area contributed by atoms with Crippen LogP contribution >= 0.6 is 11.6 Å². The molecule has 1 aromatic rings. The topological polar surface area (TPSA) is 35.2 Å². The van der Waals surface area contributed by atoms with Gasteiger partial charge in [-0.15, -0.1) is 0 Å². The lowest BCUT2D eigenvalue weighted by Crippen LogP contribution is -2.28. The first-order valence-corrected chi connectivity index (χ1v) is 5.74. The molecular formula is C12H16ClNO. The third-order valence-electron chi connectivity index (χ3n) is 2.96. The van der Waals surface area contributed by atoms with E-state index in [0.717, 1.165) is 36.6 Å². The first-order valence-electron chi connectivity index (χ1n) is 5.36. The first kappa shape index (κ1) is 10.9. The SMILES string of the molecule is NC(c1ccc(Cl)cc1)C1CCCOC1. The summed E-state index contributed by atoms with van der Waals surface area (Å²) >= 11 is 5.84. The van der Waals surface area contributed by atoms with Gasteiger partial charge in [-0.05, 0) is 30.5 Å². The third kappa shape index (κ3) is 2.71. The second-order valence-electron chi connectivity index (χ2n) is 4.05. The summed E-state index contributed by atoms with van der Waals surface area (Å²) in [6, 6.07) is 7.85. The number of hydrogen-bond acceptors (Lipinski definition) is 2. The Morgan fingerprint density at radius 3 is 2.67 bits per heavy atom. The molecule has 0 aliphatic carbocycles. The van der Waals surface area contributed by atoms with Gasteiger partial charge in [0.05, 0.1) is 6.61 Å². The number of hydrogen-bond donors (Lipinski definition) is 1. The average Bonchev–Trinajstić information content (AvgIpc) is 2.30. The molecule has 1 saturated heterocycles. The van der Waals surface area contributed by atoms with Crippen molar-refractivity contribution < 1.29 is 4.74 Å². The molecule has 0 bridgehead atoms. The van der Waals surface area contributed by atoms with Crippen molar-refractivity contribution in [2.45, 2.75) is 18.9 Å². The molecule has 0 saturated carbocycles. The maximum absolute atomic E-state index is 6.20. The molecule has 0 spiro atoms. The van der Waals surface area contributed by atoms with Crippen LogP contribution in [0, 0.1) is 5.92 Å². The quantitative estimate of drug-likeness (QED) is 0.840. The molecule has 1 aliphatic heterocycles. The minimum absolute atomic E-state index is 0.0718. The van der Waals surface area contributed by atoms with Gasteiger partial charge >= 0.3 is 0 Å². The van der Waals surface area contributed by atoms with Crippen LogP contribution in [0.15, 0.2) is 24.3 Å². The van der Waals surface area contributed by atoms with Crippen molar-refractivity contribution >= 4 is 11.6 Å². The Labute approximate surface area is 95.4 Å². The molecule has 82 valence electrons. The molecule has 0 amide bonds. The molecule has 15 heavy (non-hydrogen) atoms. The number of benzene rings is 1. The van der Waals surface area contributed by atoms with E-state index < -0.39 is 0 Å². The van der Waals surface area contributed by atoms with Crippen LogP contribution in [0.3, 0.4) is 0 Å². The van der Waals surface area contributed by atoms with Gasteiger partial charge in [-0.3, -0.25) is 0 Å². The molecular weight excluding hydrogens is 210 g/mol. The standard InChI is InChI=1S/C12H16ClNO/c13-11-5-3-9(4-6-11)12(14)10-2-1-7-15-8-10/h3-6,10,12H,1-2,7-8,14H2. The fourth-order valence-electron chi connectivity index (χ4n) is 2.01. The molecule has 3 heteroatoms. The highest BCUT2D eigenvalue weighted by Gasteiger charge is 2.22. The van der Waals surface area contributed by atoms with Crippen molar-refractivity contribution in [3.05, 3.63) is 34.9 Å². The van der Waals surface area contributed by atoms with Crippen molar-refractivity contribution in [2.75, 3.05) is 13.2 Å². The lowest BCUT2D eigenvalue weighted by atomic mass is 9.89. The maximum Gasteiger partial charge on any atom is 0.0512 e. The number of ether oxygens (including phenoxy) is 1. The highest BCUT2D eigenvalue weighted by molar-refractivity contribution is 6.30. The molecule has 2 rings (SSSR count).